The Morgan fingerprint density at radius 2 is 2.03 bits per heavy atom. The zero-order valence-corrected chi connectivity index (χ0v) is 18.8. The zero-order valence-electron chi connectivity index (χ0n) is 17.1. The van der Waals surface area contributed by atoms with Crippen molar-refractivity contribution in [1.29, 1.82) is 0 Å². The first-order chi connectivity index (χ1) is 16.0. The van der Waals surface area contributed by atoms with E-state index in [1.54, 1.807) is 12.4 Å². The van der Waals surface area contributed by atoms with Crippen LogP contribution in [0.15, 0.2) is 41.2 Å². The monoisotopic (exact) mass is 514 g/mol. The molecule has 180 valence electrons. The lowest BCUT2D eigenvalue weighted by Crippen LogP contribution is -2.68. The summed E-state index contributed by atoms with van der Waals surface area (Å²) in [6.07, 6.45) is -1.04. The van der Waals surface area contributed by atoms with E-state index in [-0.39, 0.29) is 29.6 Å². The van der Waals surface area contributed by atoms with Gasteiger partial charge in [0.05, 0.1) is 17.0 Å². The van der Waals surface area contributed by atoms with Crippen LogP contribution in [0, 0.1) is 5.92 Å². The fourth-order valence-electron chi connectivity index (χ4n) is 4.28. The highest BCUT2D eigenvalue weighted by atomic mass is 32.1. The molecule has 2 fully saturated rings. The molecule has 34 heavy (non-hydrogen) atoms. The maximum absolute atomic E-state index is 12.4. The van der Waals surface area contributed by atoms with Gasteiger partial charge < -0.3 is 15.5 Å². The Morgan fingerprint density at radius 3 is 2.62 bits per heavy atom. The highest BCUT2D eigenvalue weighted by Gasteiger charge is 2.60. The Kier molecular flexibility index (Phi) is 6.40. The van der Waals surface area contributed by atoms with E-state index >= 15 is 0 Å². The Hall–Kier alpha value is -2.97. The molecule has 0 aromatic carbocycles. The first kappa shape index (κ1) is 24.2. The molecule has 0 radical (unpaired) electrons. The SMILES string of the molecule is O=C(O)C(F)(F)F.O=C(O)C1=C(C(S)c2nc(-c3cccnc3)cs2)C[C@@H]2CN[C@@H]3C(=O)N1[C@H]23. The Morgan fingerprint density at radius 1 is 1.32 bits per heavy atom. The second kappa shape index (κ2) is 9.00. The number of carboxylic acids is 2. The van der Waals surface area contributed by atoms with Crippen molar-refractivity contribution in [3.8, 4) is 11.3 Å². The summed E-state index contributed by atoms with van der Waals surface area (Å²) >= 11 is 6.15. The van der Waals surface area contributed by atoms with Gasteiger partial charge in [-0.2, -0.15) is 25.8 Å². The Bertz CT molecular complexity index is 1170. The third-order valence-electron chi connectivity index (χ3n) is 5.74. The highest BCUT2D eigenvalue weighted by molar-refractivity contribution is 7.81. The fraction of sp³-hybridized carbons (Fsp3) is 0.350. The number of thiazole rings is 1. The number of alkyl halides is 3. The van der Waals surface area contributed by atoms with Crippen molar-refractivity contribution < 1.29 is 37.8 Å². The average Bonchev–Trinajstić information content (AvgIpc) is 3.43. The summed E-state index contributed by atoms with van der Waals surface area (Å²) in [7, 11) is 0. The van der Waals surface area contributed by atoms with Crippen LogP contribution < -0.4 is 5.32 Å². The number of nitrogens with zero attached hydrogens (tertiary/aromatic N) is 3. The number of hydrogen-bond acceptors (Lipinski definition) is 8. The largest absolute Gasteiger partial charge is 0.490 e. The zero-order chi connectivity index (χ0) is 24.8. The van der Waals surface area contributed by atoms with Crippen LogP contribution in [0.2, 0.25) is 0 Å². The van der Waals surface area contributed by atoms with Crippen LogP contribution in [0.1, 0.15) is 16.7 Å². The topological polar surface area (TPSA) is 133 Å². The van der Waals surface area contributed by atoms with Gasteiger partial charge in [-0.3, -0.25) is 14.7 Å². The molecule has 5 heterocycles. The predicted molar refractivity (Wildman–Crippen MR) is 116 cm³/mol. The number of carbonyl (C=O) groups is 3. The summed E-state index contributed by atoms with van der Waals surface area (Å²) in [5.41, 5.74) is 2.43. The first-order valence-corrected chi connectivity index (χ1v) is 11.3. The van der Waals surface area contributed by atoms with Crippen LogP contribution in [0.25, 0.3) is 11.3 Å². The van der Waals surface area contributed by atoms with E-state index in [1.807, 2.05) is 17.5 Å². The fourth-order valence-corrected chi connectivity index (χ4v) is 5.59. The number of carbonyl (C=O) groups excluding carboxylic acids is 1. The van der Waals surface area contributed by atoms with Crippen LogP contribution in [0.5, 0.6) is 0 Å². The summed E-state index contributed by atoms with van der Waals surface area (Å²) in [6, 6.07) is 3.49. The number of nitrogens with one attached hydrogen (secondary N) is 1. The van der Waals surface area contributed by atoms with Gasteiger partial charge in [0.15, 0.2) is 0 Å². The molecule has 3 N–H and O–H groups in total. The molecule has 5 rings (SSSR count). The molecule has 9 nitrogen and oxygen atoms in total. The Balaban J connectivity index is 0.000000344. The first-order valence-electron chi connectivity index (χ1n) is 9.87. The van der Waals surface area contributed by atoms with Crippen LogP contribution >= 0.6 is 24.0 Å². The summed E-state index contributed by atoms with van der Waals surface area (Å²) < 4.78 is 31.7. The number of pyridine rings is 1. The van der Waals surface area contributed by atoms with E-state index in [2.05, 4.69) is 15.3 Å². The molecule has 3 aliphatic rings. The summed E-state index contributed by atoms with van der Waals surface area (Å²) in [6.45, 7) is 0.716. The van der Waals surface area contributed by atoms with E-state index < -0.39 is 23.4 Å². The number of amides is 1. The molecule has 0 saturated carbocycles. The van der Waals surface area contributed by atoms with Crippen molar-refractivity contribution in [2.75, 3.05) is 6.54 Å². The minimum atomic E-state index is -5.08. The molecule has 2 aromatic heterocycles. The van der Waals surface area contributed by atoms with E-state index in [1.165, 1.54) is 16.2 Å². The van der Waals surface area contributed by atoms with Crippen molar-refractivity contribution in [2.45, 2.75) is 29.9 Å². The number of rotatable bonds is 4. The third-order valence-corrected chi connectivity index (χ3v) is 7.38. The normalized spacial score (nSPS) is 24.1. The second-order valence-corrected chi connectivity index (χ2v) is 9.15. The number of hydrogen-bond donors (Lipinski definition) is 4. The maximum Gasteiger partial charge on any atom is 0.490 e. The molecule has 3 aliphatic heterocycles. The van der Waals surface area contributed by atoms with E-state index in [0.717, 1.165) is 16.3 Å². The molecular formula is C20H17F3N4O5S2. The van der Waals surface area contributed by atoms with Gasteiger partial charge >= 0.3 is 18.1 Å². The predicted octanol–water partition coefficient (Wildman–Crippen LogP) is 2.35. The average molecular weight is 515 g/mol. The summed E-state index contributed by atoms with van der Waals surface area (Å²) in [5.74, 6) is -3.77. The lowest BCUT2D eigenvalue weighted by Gasteiger charge is -2.49. The summed E-state index contributed by atoms with van der Waals surface area (Å²) in [5, 5.41) is 22.3. The molecule has 14 heteroatoms. The van der Waals surface area contributed by atoms with Gasteiger partial charge in [0.25, 0.3) is 0 Å². The van der Waals surface area contributed by atoms with Crippen molar-refractivity contribution >= 4 is 41.8 Å². The molecule has 4 atom stereocenters. The van der Waals surface area contributed by atoms with E-state index in [4.69, 9.17) is 22.5 Å². The van der Waals surface area contributed by atoms with Crippen LogP contribution in [-0.4, -0.2) is 67.7 Å². The van der Waals surface area contributed by atoms with Crippen molar-refractivity contribution in [1.82, 2.24) is 20.2 Å². The lowest BCUT2D eigenvalue weighted by molar-refractivity contribution is -0.192. The van der Waals surface area contributed by atoms with Gasteiger partial charge in [0.1, 0.15) is 16.7 Å². The van der Waals surface area contributed by atoms with Crippen LogP contribution in [-0.2, 0) is 14.4 Å². The number of aromatic nitrogens is 2. The third kappa shape index (κ3) is 4.28. The maximum atomic E-state index is 12.4. The Labute approximate surface area is 199 Å². The molecule has 2 aromatic rings. The number of β-lactam (4-membered cyclic amide) rings is 1. The second-order valence-electron chi connectivity index (χ2n) is 7.75. The van der Waals surface area contributed by atoms with Crippen molar-refractivity contribution in [3.63, 3.8) is 0 Å². The lowest BCUT2D eigenvalue weighted by atomic mass is 9.78. The minimum absolute atomic E-state index is 0.0462. The molecule has 1 unspecified atom stereocenters. The van der Waals surface area contributed by atoms with E-state index in [9.17, 15) is 27.9 Å². The molecule has 0 bridgehead atoms. The van der Waals surface area contributed by atoms with Crippen LogP contribution in [0.3, 0.4) is 0 Å². The van der Waals surface area contributed by atoms with Gasteiger partial charge in [-0.05, 0) is 30.0 Å². The van der Waals surface area contributed by atoms with Crippen LogP contribution in [0.4, 0.5) is 13.2 Å². The highest BCUT2D eigenvalue weighted by Crippen LogP contribution is 2.48. The molecule has 0 spiro atoms. The molecular weight excluding hydrogens is 497 g/mol. The number of aliphatic carboxylic acids is 2. The van der Waals surface area contributed by atoms with Gasteiger partial charge in [0, 0.05) is 29.9 Å². The molecule has 0 aliphatic carbocycles. The number of carboxylic acid groups (broad SMARTS) is 2. The van der Waals surface area contributed by atoms with E-state index in [0.29, 0.717) is 18.5 Å². The standard InChI is InChI=1S/C18H16N4O3S2.C2HF3O2/c23-17-12-13-9(6-20-12)4-10(14(18(24)25)22(13)17)15(26)16-21-11(7-27-16)8-2-1-3-19-5-8;3-2(4,5)1(6)7/h1-3,5,7,9,12-13,15,20,26H,4,6H2,(H,24,25);(H,6,7)/t9-,12+,13-,15?;/m1./s1. The smallest absolute Gasteiger partial charge is 0.477 e. The molecule has 1 amide bonds. The van der Waals surface area contributed by atoms with Gasteiger partial charge in [0.2, 0.25) is 5.91 Å². The van der Waals surface area contributed by atoms with Gasteiger partial charge in [-0.1, -0.05) is 0 Å². The quantitative estimate of drug-likeness (QED) is 0.361. The molecule has 2 saturated heterocycles. The van der Waals surface area contributed by atoms with Crippen molar-refractivity contribution in [2.24, 2.45) is 5.92 Å². The minimum Gasteiger partial charge on any atom is -0.477 e. The number of thiol groups is 1. The summed E-state index contributed by atoms with van der Waals surface area (Å²) in [4.78, 5) is 43.5. The van der Waals surface area contributed by atoms with Gasteiger partial charge in [-0.25, -0.2) is 14.6 Å². The van der Waals surface area contributed by atoms with Gasteiger partial charge in [-0.15, -0.1) is 11.3 Å². The number of halogens is 3. The van der Waals surface area contributed by atoms with Crippen molar-refractivity contribution in [3.05, 3.63) is 46.2 Å².